The van der Waals surface area contributed by atoms with E-state index in [-0.39, 0.29) is 29.6 Å². The number of nitrogens with one attached hydrogen (secondary N) is 1. The molecule has 0 aromatic carbocycles. The molecule has 2 unspecified atom stereocenters. The van der Waals surface area contributed by atoms with Gasteiger partial charge in [0.25, 0.3) is 0 Å². The normalized spacial score (nSPS) is 35.3. The van der Waals surface area contributed by atoms with Crippen molar-refractivity contribution in [3.8, 4) is 0 Å². The van der Waals surface area contributed by atoms with Crippen LogP contribution in [0.2, 0.25) is 0 Å². The molecular formula is C7H16NNa. The van der Waals surface area contributed by atoms with Crippen LogP contribution in [-0.4, -0.2) is 41.6 Å². The Balaban J connectivity index is 0.000000640. The quantitative estimate of drug-likeness (QED) is 0.489. The van der Waals surface area contributed by atoms with E-state index in [1.807, 2.05) is 0 Å². The molecule has 0 bridgehead atoms. The molecule has 1 fully saturated rings. The van der Waals surface area contributed by atoms with Crippen molar-refractivity contribution in [2.75, 3.05) is 0 Å². The first-order valence-electron chi connectivity index (χ1n) is 3.55. The third-order valence-corrected chi connectivity index (χ3v) is 1.84. The first kappa shape index (κ1) is 9.96. The maximum atomic E-state index is 3.48. The molecule has 1 nitrogen and oxygen atoms in total. The number of hydrogen-bond donors (Lipinski definition) is 1. The predicted molar refractivity (Wildman–Crippen MR) is 43.1 cm³/mol. The van der Waals surface area contributed by atoms with Crippen molar-refractivity contribution in [1.29, 1.82) is 0 Å². The summed E-state index contributed by atoms with van der Waals surface area (Å²) in [5, 5.41) is 3.48. The Morgan fingerprint density at radius 1 is 1.11 bits per heavy atom. The molecule has 0 spiro atoms. The average Bonchev–Trinajstić information content (AvgIpc) is 1.64. The molecule has 1 N–H and O–H groups in total. The molecule has 50 valence electrons. The van der Waals surface area contributed by atoms with E-state index < -0.39 is 0 Å². The monoisotopic (exact) mass is 137 g/mol. The Hall–Kier alpha value is 0.960. The van der Waals surface area contributed by atoms with Crippen LogP contribution in [-0.2, 0) is 0 Å². The molecular weight excluding hydrogens is 121 g/mol. The van der Waals surface area contributed by atoms with Gasteiger partial charge in [0.05, 0.1) is 0 Å². The molecule has 9 heavy (non-hydrogen) atoms. The zero-order valence-corrected chi connectivity index (χ0v) is 5.78. The van der Waals surface area contributed by atoms with E-state index >= 15 is 0 Å². The Labute approximate surface area is 79.9 Å². The second kappa shape index (κ2) is 4.73. The van der Waals surface area contributed by atoms with Crippen LogP contribution in [0.5, 0.6) is 0 Å². The van der Waals surface area contributed by atoms with Crippen molar-refractivity contribution < 1.29 is 0 Å². The van der Waals surface area contributed by atoms with Gasteiger partial charge in [-0.15, -0.1) is 0 Å². The Morgan fingerprint density at radius 2 is 1.56 bits per heavy atom. The van der Waals surface area contributed by atoms with Gasteiger partial charge in [-0.05, 0) is 26.7 Å². The second-order valence-corrected chi connectivity index (χ2v) is 2.90. The van der Waals surface area contributed by atoms with Crippen LogP contribution in [0.15, 0.2) is 0 Å². The van der Waals surface area contributed by atoms with Gasteiger partial charge in [-0.3, -0.25) is 0 Å². The summed E-state index contributed by atoms with van der Waals surface area (Å²) in [5.41, 5.74) is 0. The average molecular weight is 137 g/mol. The fraction of sp³-hybridized carbons (Fsp3) is 1.00. The minimum atomic E-state index is 0. The molecule has 1 heterocycles. The van der Waals surface area contributed by atoms with Crippen molar-refractivity contribution in [1.82, 2.24) is 5.32 Å². The first-order valence-corrected chi connectivity index (χ1v) is 3.55. The summed E-state index contributed by atoms with van der Waals surface area (Å²) < 4.78 is 0. The predicted octanol–water partition coefficient (Wildman–Crippen LogP) is 0.888. The Morgan fingerprint density at radius 3 is 1.78 bits per heavy atom. The van der Waals surface area contributed by atoms with Crippen LogP contribution < -0.4 is 5.32 Å². The van der Waals surface area contributed by atoms with Crippen LogP contribution in [0.1, 0.15) is 33.1 Å². The van der Waals surface area contributed by atoms with Crippen molar-refractivity contribution in [2.45, 2.75) is 45.2 Å². The molecule has 1 rings (SSSR count). The number of rotatable bonds is 0. The summed E-state index contributed by atoms with van der Waals surface area (Å²) >= 11 is 0. The van der Waals surface area contributed by atoms with Crippen LogP contribution >= 0.6 is 0 Å². The Kier molecular flexibility index (Phi) is 5.23. The number of hydrogen-bond acceptors (Lipinski definition) is 1. The van der Waals surface area contributed by atoms with Gasteiger partial charge < -0.3 is 5.32 Å². The van der Waals surface area contributed by atoms with Gasteiger partial charge in [-0.1, -0.05) is 6.42 Å². The Bertz CT molecular complexity index is 67.3. The standard InChI is InChI=1S/C7H15N.Na.H/c1-6-4-3-5-7(2)8-6;;/h6-8H,3-5H2,1-2H3;;. The molecule has 1 saturated heterocycles. The van der Waals surface area contributed by atoms with Crippen molar-refractivity contribution in [3.05, 3.63) is 0 Å². The molecule has 2 atom stereocenters. The van der Waals surface area contributed by atoms with Crippen molar-refractivity contribution in [2.24, 2.45) is 0 Å². The van der Waals surface area contributed by atoms with Crippen molar-refractivity contribution in [3.63, 3.8) is 0 Å². The van der Waals surface area contributed by atoms with E-state index in [1.54, 1.807) is 0 Å². The van der Waals surface area contributed by atoms with Crippen LogP contribution in [0.4, 0.5) is 0 Å². The summed E-state index contributed by atoms with van der Waals surface area (Å²) in [7, 11) is 0. The third kappa shape index (κ3) is 3.61. The van der Waals surface area contributed by atoms with Crippen LogP contribution in [0.25, 0.3) is 0 Å². The fourth-order valence-corrected chi connectivity index (χ4v) is 1.38. The van der Waals surface area contributed by atoms with Crippen LogP contribution in [0.3, 0.4) is 0 Å². The summed E-state index contributed by atoms with van der Waals surface area (Å²) in [6.45, 7) is 4.52. The molecule has 1 aliphatic heterocycles. The third-order valence-electron chi connectivity index (χ3n) is 1.84. The molecule has 0 aromatic rings. The minimum absolute atomic E-state index is 0. The molecule has 0 saturated carbocycles. The van der Waals surface area contributed by atoms with Crippen molar-refractivity contribution >= 4 is 29.6 Å². The zero-order chi connectivity index (χ0) is 5.98. The fourth-order valence-electron chi connectivity index (χ4n) is 1.38. The number of piperidine rings is 1. The maximum absolute atomic E-state index is 3.48. The first-order chi connectivity index (χ1) is 3.79. The second-order valence-electron chi connectivity index (χ2n) is 2.90. The van der Waals surface area contributed by atoms with E-state index in [4.69, 9.17) is 0 Å². The van der Waals surface area contributed by atoms with E-state index in [2.05, 4.69) is 19.2 Å². The summed E-state index contributed by atoms with van der Waals surface area (Å²) in [4.78, 5) is 0. The van der Waals surface area contributed by atoms with E-state index in [0.717, 1.165) is 12.1 Å². The van der Waals surface area contributed by atoms with E-state index in [0.29, 0.717) is 0 Å². The van der Waals surface area contributed by atoms with Gasteiger partial charge in [0.15, 0.2) is 0 Å². The summed E-state index contributed by atoms with van der Waals surface area (Å²) in [6.07, 6.45) is 4.14. The van der Waals surface area contributed by atoms with Gasteiger partial charge >= 0.3 is 29.6 Å². The van der Waals surface area contributed by atoms with Gasteiger partial charge in [-0.2, -0.15) is 0 Å². The summed E-state index contributed by atoms with van der Waals surface area (Å²) in [5.74, 6) is 0. The summed E-state index contributed by atoms with van der Waals surface area (Å²) in [6, 6.07) is 1.53. The van der Waals surface area contributed by atoms with Gasteiger partial charge in [-0.25, -0.2) is 0 Å². The van der Waals surface area contributed by atoms with Gasteiger partial charge in [0.1, 0.15) is 0 Å². The molecule has 0 radical (unpaired) electrons. The van der Waals surface area contributed by atoms with E-state index in [1.165, 1.54) is 19.3 Å². The molecule has 0 aromatic heterocycles. The molecule has 1 aliphatic rings. The van der Waals surface area contributed by atoms with E-state index in [9.17, 15) is 0 Å². The van der Waals surface area contributed by atoms with Gasteiger partial charge in [0.2, 0.25) is 0 Å². The zero-order valence-electron chi connectivity index (χ0n) is 5.78. The SMILES string of the molecule is CC1CCCC(C)N1.[NaH]. The van der Waals surface area contributed by atoms with Gasteiger partial charge in [0, 0.05) is 12.1 Å². The molecule has 0 amide bonds. The topological polar surface area (TPSA) is 12.0 Å². The molecule has 0 aliphatic carbocycles. The molecule has 2 heteroatoms. The van der Waals surface area contributed by atoms with Crippen LogP contribution in [0, 0.1) is 0 Å².